The third kappa shape index (κ3) is 8.74. The van der Waals surface area contributed by atoms with Gasteiger partial charge in [-0.2, -0.15) is 13.2 Å². The average molecular weight is 563 g/mol. The molecule has 1 aromatic heterocycles. The maximum Gasteiger partial charge on any atom is 0.393 e. The van der Waals surface area contributed by atoms with Gasteiger partial charge in [-0.3, -0.25) is 9.59 Å². The van der Waals surface area contributed by atoms with Crippen LogP contribution in [-0.4, -0.2) is 59.1 Å². The van der Waals surface area contributed by atoms with Gasteiger partial charge in [-0.25, -0.2) is 9.67 Å². The lowest BCUT2D eigenvalue weighted by atomic mass is 9.97. The van der Waals surface area contributed by atoms with E-state index in [1.54, 1.807) is 28.4 Å². The van der Waals surface area contributed by atoms with Crippen molar-refractivity contribution in [1.29, 1.82) is 0 Å². The lowest BCUT2D eigenvalue weighted by molar-refractivity contribution is -0.176. The van der Waals surface area contributed by atoms with E-state index < -0.39 is 18.0 Å². The van der Waals surface area contributed by atoms with Gasteiger partial charge >= 0.3 is 6.18 Å². The number of nitrogens with zero attached hydrogens (tertiary/aromatic N) is 5. The van der Waals surface area contributed by atoms with E-state index in [1.807, 2.05) is 48.5 Å². The number of hydrogen-bond acceptors (Lipinski definition) is 6. The van der Waals surface area contributed by atoms with Gasteiger partial charge in [-0.1, -0.05) is 37.3 Å². The molecule has 1 aliphatic heterocycles. The number of rotatable bonds is 9. The standard InChI is InChI=1S/C17H23F3N2OS.C10H10N4O/c1-3-9-24-16-7-6-14(10-15(16)21(2)12-23)22-8-4-5-13(11-22)17(18,19)20;11-9(15)10-12-7-14(13-10)6-8-4-2-1-3-5-8/h6-7,10,12-13H,3-5,8-9,11H2,1-2H3;1-5,7H,6H2,(H2,11,15). The summed E-state index contributed by atoms with van der Waals surface area (Å²) in [6.07, 6.45) is -0.216. The zero-order valence-corrected chi connectivity index (χ0v) is 22.8. The summed E-state index contributed by atoms with van der Waals surface area (Å²) in [4.78, 5) is 29.9. The molecule has 2 N–H and O–H groups in total. The Balaban J connectivity index is 0.000000239. The molecule has 2 heterocycles. The van der Waals surface area contributed by atoms with Crippen LogP contribution in [0.1, 0.15) is 42.4 Å². The molecule has 1 atom stereocenters. The highest BCUT2D eigenvalue weighted by molar-refractivity contribution is 7.99. The SMILES string of the molecule is CCCSc1ccc(N2CCCC(C(F)(F)F)C2)cc1N(C)C=O.NC(=O)c1ncn(Cc2ccccc2)n1. The molecular formula is C27H33F3N6O2S. The monoisotopic (exact) mass is 562 g/mol. The molecule has 1 aliphatic rings. The highest BCUT2D eigenvalue weighted by atomic mass is 32.2. The van der Waals surface area contributed by atoms with Gasteiger partial charge in [-0.05, 0) is 48.8 Å². The number of anilines is 2. The molecule has 12 heteroatoms. The van der Waals surface area contributed by atoms with E-state index in [0.717, 1.165) is 40.4 Å². The number of thioether (sulfide) groups is 1. The van der Waals surface area contributed by atoms with Gasteiger partial charge in [0.05, 0.1) is 18.2 Å². The summed E-state index contributed by atoms with van der Waals surface area (Å²) in [6.45, 7) is 3.25. The van der Waals surface area contributed by atoms with Crippen molar-refractivity contribution in [3.8, 4) is 0 Å². The number of carbonyl (C=O) groups is 2. The number of carbonyl (C=O) groups excluding carboxylic acids is 2. The highest BCUT2D eigenvalue weighted by Gasteiger charge is 2.41. The second-order valence-electron chi connectivity index (χ2n) is 9.16. The summed E-state index contributed by atoms with van der Waals surface area (Å²) in [5.41, 5.74) is 7.63. The molecule has 0 saturated carbocycles. The number of aromatic nitrogens is 3. The first-order valence-electron chi connectivity index (χ1n) is 12.6. The Morgan fingerprint density at radius 2 is 1.97 bits per heavy atom. The number of alkyl halides is 3. The molecule has 2 aromatic carbocycles. The minimum absolute atomic E-state index is 0.0187. The van der Waals surface area contributed by atoms with Gasteiger partial charge in [0.15, 0.2) is 0 Å². The molecule has 8 nitrogen and oxygen atoms in total. The number of amides is 2. The van der Waals surface area contributed by atoms with Crippen molar-refractivity contribution in [2.24, 2.45) is 11.7 Å². The van der Waals surface area contributed by atoms with Crippen LogP contribution in [0.3, 0.4) is 0 Å². The molecule has 39 heavy (non-hydrogen) atoms. The van der Waals surface area contributed by atoms with E-state index in [9.17, 15) is 22.8 Å². The smallest absolute Gasteiger partial charge is 0.371 e. The van der Waals surface area contributed by atoms with Crippen LogP contribution in [0.2, 0.25) is 0 Å². The summed E-state index contributed by atoms with van der Waals surface area (Å²) < 4.78 is 40.6. The molecule has 1 saturated heterocycles. The summed E-state index contributed by atoms with van der Waals surface area (Å²) in [6, 6.07) is 15.4. The predicted octanol–water partition coefficient (Wildman–Crippen LogP) is 4.99. The van der Waals surface area contributed by atoms with Crippen LogP contribution in [0.4, 0.5) is 24.5 Å². The van der Waals surface area contributed by atoms with Gasteiger partial charge < -0.3 is 15.5 Å². The summed E-state index contributed by atoms with van der Waals surface area (Å²) in [5, 5.41) is 3.94. The van der Waals surface area contributed by atoms with Crippen LogP contribution in [0.25, 0.3) is 0 Å². The number of nitrogens with two attached hydrogens (primary N) is 1. The lowest BCUT2D eigenvalue weighted by Gasteiger charge is -2.35. The summed E-state index contributed by atoms with van der Waals surface area (Å²) in [5.74, 6) is -0.917. The Morgan fingerprint density at radius 1 is 1.23 bits per heavy atom. The molecule has 0 spiro atoms. The van der Waals surface area contributed by atoms with E-state index in [-0.39, 0.29) is 18.8 Å². The minimum Gasteiger partial charge on any atom is -0.371 e. The van der Waals surface area contributed by atoms with E-state index in [2.05, 4.69) is 17.0 Å². The quantitative estimate of drug-likeness (QED) is 0.292. The summed E-state index contributed by atoms with van der Waals surface area (Å²) in [7, 11) is 1.66. The Hall–Kier alpha value is -3.54. The third-order valence-electron chi connectivity index (χ3n) is 6.14. The first kappa shape index (κ1) is 30.0. The van der Waals surface area contributed by atoms with Gasteiger partial charge in [-0.15, -0.1) is 16.9 Å². The van der Waals surface area contributed by atoms with Crippen molar-refractivity contribution in [3.05, 3.63) is 66.2 Å². The van der Waals surface area contributed by atoms with E-state index in [0.29, 0.717) is 19.5 Å². The largest absolute Gasteiger partial charge is 0.393 e. The first-order valence-corrected chi connectivity index (χ1v) is 13.6. The Labute approximate surface area is 230 Å². The van der Waals surface area contributed by atoms with Crippen LogP contribution < -0.4 is 15.5 Å². The van der Waals surface area contributed by atoms with Crippen molar-refractivity contribution >= 4 is 35.5 Å². The van der Waals surface area contributed by atoms with Gasteiger partial charge in [0, 0.05) is 30.7 Å². The second-order valence-corrected chi connectivity index (χ2v) is 10.3. The van der Waals surface area contributed by atoms with Crippen molar-refractivity contribution in [2.75, 3.05) is 35.7 Å². The van der Waals surface area contributed by atoms with Crippen LogP contribution in [-0.2, 0) is 11.3 Å². The lowest BCUT2D eigenvalue weighted by Crippen LogP contribution is -2.41. The molecule has 0 radical (unpaired) electrons. The number of halogens is 3. The fraction of sp³-hybridized carbons (Fsp3) is 0.407. The molecule has 3 aromatic rings. The van der Waals surface area contributed by atoms with Crippen molar-refractivity contribution in [3.63, 3.8) is 0 Å². The fourth-order valence-electron chi connectivity index (χ4n) is 4.10. The van der Waals surface area contributed by atoms with Crippen molar-refractivity contribution in [2.45, 2.75) is 43.8 Å². The second kappa shape index (κ2) is 14.0. The Morgan fingerprint density at radius 3 is 2.59 bits per heavy atom. The van der Waals surface area contributed by atoms with E-state index >= 15 is 0 Å². The van der Waals surface area contributed by atoms with E-state index in [1.165, 1.54) is 11.2 Å². The average Bonchev–Trinajstić information content (AvgIpc) is 3.41. The predicted molar refractivity (Wildman–Crippen MR) is 147 cm³/mol. The van der Waals surface area contributed by atoms with Crippen molar-refractivity contribution < 1.29 is 22.8 Å². The molecule has 0 bridgehead atoms. The maximum absolute atomic E-state index is 13.0. The van der Waals surface area contributed by atoms with E-state index in [4.69, 9.17) is 5.73 Å². The number of piperidine rings is 1. The zero-order chi connectivity index (χ0) is 28.4. The topological polar surface area (TPSA) is 97.4 Å². The number of primary amides is 1. The maximum atomic E-state index is 13.0. The molecule has 1 fully saturated rings. The van der Waals surface area contributed by atoms with Gasteiger partial charge in [0.2, 0.25) is 12.2 Å². The van der Waals surface area contributed by atoms with Crippen molar-refractivity contribution in [1.82, 2.24) is 14.8 Å². The minimum atomic E-state index is -4.15. The number of benzene rings is 2. The molecule has 4 rings (SSSR count). The molecule has 0 aliphatic carbocycles. The molecule has 1 unspecified atom stereocenters. The first-order chi connectivity index (χ1) is 18.6. The van der Waals surface area contributed by atoms with Crippen LogP contribution >= 0.6 is 11.8 Å². The number of hydrogen-bond donors (Lipinski definition) is 1. The Bertz CT molecular complexity index is 1220. The van der Waals surface area contributed by atoms with Gasteiger partial charge in [0.25, 0.3) is 5.91 Å². The van der Waals surface area contributed by atoms with Crippen LogP contribution in [0.5, 0.6) is 0 Å². The molecule has 210 valence electrons. The van der Waals surface area contributed by atoms with Crippen LogP contribution in [0.15, 0.2) is 59.8 Å². The van der Waals surface area contributed by atoms with Gasteiger partial charge in [0.1, 0.15) is 6.33 Å². The molecule has 2 amide bonds. The summed E-state index contributed by atoms with van der Waals surface area (Å²) >= 11 is 1.65. The van der Waals surface area contributed by atoms with Crippen LogP contribution in [0, 0.1) is 5.92 Å². The Kier molecular flexibility index (Phi) is 10.8. The zero-order valence-electron chi connectivity index (χ0n) is 22.0. The highest BCUT2D eigenvalue weighted by Crippen LogP contribution is 2.38. The molecular weight excluding hydrogens is 529 g/mol. The third-order valence-corrected chi connectivity index (χ3v) is 7.40. The fourth-order valence-corrected chi connectivity index (χ4v) is 5.04. The normalized spacial score (nSPS) is 15.3.